The highest BCUT2D eigenvalue weighted by Gasteiger charge is 2.20. The number of para-hydroxylation sites is 1. The fourth-order valence-electron chi connectivity index (χ4n) is 2.75. The van der Waals surface area contributed by atoms with Gasteiger partial charge in [0.2, 0.25) is 0 Å². The third kappa shape index (κ3) is 3.75. The Morgan fingerprint density at radius 2 is 1.56 bits per heavy atom. The van der Waals surface area contributed by atoms with Crippen molar-refractivity contribution >= 4 is 23.4 Å². The van der Waals surface area contributed by atoms with Crippen LogP contribution in [0.25, 0.3) is 17.1 Å². The summed E-state index contributed by atoms with van der Waals surface area (Å²) in [6, 6.07) is 24.0. The summed E-state index contributed by atoms with van der Waals surface area (Å²) in [6.07, 6.45) is 0. The Labute approximate surface area is 165 Å². The Hall–Kier alpha value is -2.63. The summed E-state index contributed by atoms with van der Waals surface area (Å²) >= 11 is 7.86. The minimum Gasteiger partial charge on any atom is -0.267 e. The van der Waals surface area contributed by atoms with E-state index in [4.69, 9.17) is 11.6 Å². The van der Waals surface area contributed by atoms with Gasteiger partial charge >= 0.3 is 0 Å². The molecule has 0 N–H and O–H groups in total. The minimum atomic E-state index is -0.341. The Balaban J connectivity index is 1.80. The maximum absolute atomic E-state index is 14.6. The molecule has 0 aliphatic heterocycles. The average molecular weight is 396 g/mol. The first kappa shape index (κ1) is 17.8. The second-order valence-corrected chi connectivity index (χ2v) is 7.20. The Morgan fingerprint density at radius 1 is 0.852 bits per heavy atom. The number of thioether (sulfide) groups is 1. The number of rotatable bonds is 5. The molecule has 0 unspecified atom stereocenters. The molecule has 0 saturated carbocycles. The molecule has 0 bridgehead atoms. The van der Waals surface area contributed by atoms with Crippen molar-refractivity contribution in [2.24, 2.45) is 0 Å². The average Bonchev–Trinajstić information content (AvgIpc) is 3.11. The zero-order chi connectivity index (χ0) is 18.6. The molecule has 3 aromatic carbocycles. The van der Waals surface area contributed by atoms with E-state index in [1.807, 2.05) is 48.5 Å². The summed E-state index contributed by atoms with van der Waals surface area (Å²) < 4.78 is 16.3. The van der Waals surface area contributed by atoms with Gasteiger partial charge < -0.3 is 0 Å². The molecule has 0 aliphatic rings. The molecule has 1 aromatic heterocycles. The molecule has 0 atom stereocenters. The van der Waals surface area contributed by atoms with E-state index in [1.54, 1.807) is 28.8 Å². The monoisotopic (exact) mass is 395 g/mol. The standard InChI is InChI=1S/C21H15ClFN3S/c22-17-11-5-4-10-16(17)20-24-25-21(27-14-15-8-2-1-3-9-15)26(20)19-13-7-6-12-18(19)23/h1-13H,14H2. The van der Waals surface area contributed by atoms with Crippen LogP contribution in [0.2, 0.25) is 5.02 Å². The molecule has 1 heterocycles. The van der Waals surface area contributed by atoms with Crippen molar-refractivity contribution in [1.29, 1.82) is 0 Å². The zero-order valence-corrected chi connectivity index (χ0v) is 15.8. The van der Waals surface area contributed by atoms with E-state index in [0.29, 0.717) is 33.0 Å². The molecular weight excluding hydrogens is 381 g/mol. The van der Waals surface area contributed by atoms with Crippen molar-refractivity contribution in [2.45, 2.75) is 10.9 Å². The fraction of sp³-hybridized carbons (Fsp3) is 0.0476. The molecule has 0 spiro atoms. The van der Waals surface area contributed by atoms with Gasteiger partial charge in [0.05, 0.1) is 10.7 Å². The first-order valence-corrected chi connectivity index (χ1v) is 9.72. The van der Waals surface area contributed by atoms with E-state index in [9.17, 15) is 4.39 Å². The summed E-state index contributed by atoms with van der Waals surface area (Å²) in [6.45, 7) is 0. The molecule has 0 radical (unpaired) electrons. The van der Waals surface area contributed by atoms with Crippen molar-refractivity contribution in [3.05, 3.63) is 95.3 Å². The predicted molar refractivity (Wildman–Crippen MR) is 108 cm³/mol. The molecule has 134 valence electrons. The second-order valence-electron chi connectivity index (χ2n) is 5.85. The normalized spacial score (nSPS) is 10.9. The van der Waals surface area contributed by atoms with Gasteiger partial charge in [-0.25, -0.2) is 4.39 Å². The van der Waals surface area contributed by atoms with Crippen LogP contribution in [0.5, 0.6) is 0 Å². The lowest BCUT2D eigenvalue weighted by atomic mass is 10.2. The van der Waals surface area contributed by atoms with Crippen LogP contribution in [-0.4, -0.2) is 14.8 Å². The highest BCUT2D eigenvalue weighted by Crippen LogP contribution is 2.33. The number of aromatic nitrogens is 3. The Morgan fingerprint density at radius 3 is 2.33 bits per heavy atom. The molecule has 4 aromatic rings. The highest BCUT2D eigenvalue weighted by molar-refractivity contribution is 7.98. The zero-order valence-electron chi connectivity index (χ0n) is 14.2. The third-order valence-electron chi connectivity index (χ3n) is 4.05. The molecule has 0 aliphatic carbocycles. The van der Waals surface area contributed by atoms with Gasteiger partial charge in [-0.1, -0.05) is 78.0 Å². The lowest BCUT2D eigenvalue weighted by molar-refractivity contribution is 0.613. The van der Waals surface area contributed by atoms with Gasteiger partial charge in [-0.15, -0.1) is 10.2 Å². The molecule has 27 heavy (non-hydrogen) atoms. The van der Waals surface area contributed by atoms with Crippen LogP contribution in [0, 0.1) is 5.82 Å². The van der Waals surface area contributed by atoms with Crippen molar-refractivity contribution in [1.82, 2.24) is 14.8 Å². The molecule has 0 fully saturated rings. The second kappa shape index (κ2) is 7.94. The number of benzene rings is 3. The fourth-order valence-corrected chi connectivity index (χ4v) is 3.87. The first-order valence-electron chi connectivity index (χ1n) is 8.36. The number of nitrogens with zero attached hydrogens (tertiary/aromatic N) is 3. The van der Waals surface area contributed by atoms with Gasteiger partial charge in [-0.2, -0.15) is 0 Å². The molecule has 4 rings (SSSR count). The summed E-state index contributed by atoms with van der Waals surface area (Å²) in [5.74, 6) is 0.879. The van der Waals surface area contributed by atoms with E-state index in [0.717, 1.165) is 5.56 Å². The Kier molecular flexibility index (Phi) is 5.23. The SMILES string of the molecule is Fc1ccccc1-n1c(SCc2ccccc2)nnc1-c1ccccc1Cl. The van der Waals surface area contributed by atoms with E-state index in [-0.39, 0.29) is 5.82 Å². The van der Waals surface area contributed by atoms with Gasteiger partial charge in [-0.3, -0.25) is 4.57 Å². The van der Waals surface area contributed by atoms with Crippen molar-refractivity contribution < 1.29 is 4.39 Å². The maximum atomic E-state index is 14.6. The van der Waals surface area contributed by atoms with E-state index in [1.165, 1.54) is 17.8 Å². The number of hydrogen-bond donors (Lipinski definition) is 0. The topological polar surface area (TPSA) is 30.7 Å². The van der Waals surface area contributed by atoms with Crippen LogP contribution in [0.1, 0.15) is 5.56 Å². The summed E-state index contributed by atoms with van der Waals surface area (Å²) in [5.41, 5.74) is 2.26. The smallest absolute Gasteiger partial charge is 0.196 e. The minimum absolute atomic E-state index is 0.341. The molecular formula is C21H15ClFN3S. The van der Waals surface area contributed by atoms with Crippen molar-refractivity contribution in [3.8, 4) is 17.1 Å². The highest BCUT2D eigenvalue weighted by atomic mass is 35.5. The summed E-state index contributed by atoms with van der Waals surface area (Å²) in [5, 5.41) is 9.79. The first-order chi connectivity index (χ1) is 13.2. The third-order valence-corrected chi connectivity index (χ3v) is 5.38. The van der Waals surface area contributed by atoms with E-state index >= 15 is 0 Å². The molecule has 3 nitrogen and oxygen atoms in total. The largest absolute Gasteiger partial charge is 0.267 e. The van der Waals surface area contributed by atoms with Gasteiger partial charge in [0.1, 0.15) is 5.82 Å². The van der Waals surface area contributed by atoms with Crippen LogP contribution in [0.4, 0.5) is 4.39 Å². The van der Waals surface area contributed by atoms with Crippen LogP contribution >= 0.6 is 23.4 Å². The van der Waals surface area contributed by atoms with E-state index in [2.05, 4.69) is 10.2 Å². The van der Waals surface area contributed by atoms with Crippen LogP contribution < -0.4 is 0 Å². The maximum Gasteiger partial charge on any atom is 0.196 e. The summed E-state index contributed by atoms with van der Waals surface area (Å²) in [4.78, 5) is 0. The van der Waals surface area contributed by atoms with Gasteiger partial charge in [0.15, 0.2) is 11.0 Å². The van der Waals surface area contributed by atoms with E-state index < -0.39 is 0 Å². The lowest BCUT2D eigenvalue weighted by Gasteiger charge is -2.12. The van der Waals surface area contributed by atoms with Crippen molar-refractivity contribution in [2.75, 3.05) is 0 Å². The molecule has 0 saturated heterocycles. The van der Waals surface area contributed by atoms with Gasteiger partial charge in [0.25, 0.3) is 0 Å². The van der Waals surface area contributed by atoms with Gasteiger partial charge in [0, 0.05) is 11.3 Å². The number of hydrogen-bond acceptors (Lipinski definition) is 3. The molecule has 6 heteroatoms. The van der Waals surface area contributed by atoms with Crippen LogP contribution in [0.3, 0.4) is 0 Å². The number of halogens is 2. The van der Waals surface area contributed by atoms with Crippen molar-refractivity contribution in [3.63, 3.8) is 0 Å². The quantitative estimate of drug-likeness (QED) is 0.387. The van der Waals surface area contributed by atoms with Crippen LogP contribution in [-0.2, 0) is 5.75 Å². The van der Waals surface area contributed by atoms with Gasteiger partial charge in [-0.05, 0) is 29.8 Å². The molecule has 0 amide bonds. The van der Waals surface area contributed by atoms with Crippen LogP contribution in [0.15, 0.2) is 84.0 Å². The predicted octanol–water partition coefficient (Wildman–Crippen LogP) is 6.02. The summed E-state index contributed by atoms with van der Waals surface area (Å²) in [7, 11) is 0. The lowest BCUT2D eigenvalue weighted by Crippen LogP contribution is -2.02. The Bertz CT molecular complexity index is 1070.